The van der Waals surface area contributed by atoms with Gasteiger partial charge in [0.05, 0.1) is 13.0 Å². The SMILES string of the molecule is COc1cccc(C(C)C(=O)N2CCCC(N)C2)c1. The average molecular weight is 262 g/mol. The van der Waals surface area contributed by atoms with Crippen LogP contribution in [0.4, 0.5) is 0 Å². The van der Waals surface area contributed by atoms with E-state index in [0.29, 0.717) is 6.54 Å². The fourth-order valence-electron chi connectivity index (χ4n) is 2.54. The monoisotopic (exact) mass is 262 g/mol. The van der Waals surface area contributed by atoms with Crippen LogP contribution in [0.15, 0.2) is 24.3 Å². The van der Waals surface area contributed by atoms with Gasteiger partial charge in [0.15, 0.2) is 0 Å². The lowest BCUT2D eigenvalue weighted by Crippen LogP contribution is -2.47. The van der Waals surface area contributed by atoms with Gasteiger partial charge in [-0.05, 0) is 37.5 Å². The number of likely N-dealkylation sites (tertiary alicyclic amines) is 1. The Morgan fingerprint density at radius 2 is 2.32 bits per heavy atom. The number of carbonyl (C=O) groups is 1. The fraction of sp³-hybridized carbons (Fsp3) is 0.533. The van der Waals surface area contributed by atoms with Crippen molar-refractivity contribution in [3.8, 4) is 5.75 Å². The molecule has 1 saturated heterocycles. The molecular weight excluding hydrogens is 240 g/mol. The molecule has 0 saturated carbocycles. The van der Waals surface area contributed by atoms with Gasteiger partial charge in [-0.15, -0.1) is 0 Å². The van der Waals surface area contributed by atoms with Crippen LogP contribution < -0.4 is 10.5 Å². The number of nitrogens with zero attached hydrogens (tertiary/aromatic N) is 1. The molecule has 4 heteroatoms. The molecule has 4 nitrogen and oxygen atoms in total. The number of carbonyl (C=O) groups excluding carboxylic acids is 1. The van der Waals surface area contributed by atoms with E-state index >= 15 is 0 Å². The molecule has 1 aliphatic heterocycles. The number of hydrogen-bond acceptors (Lipinski definition) is 3. The summed E-state index contributed by atoms with van der Waals surface area (Å²) in [7, 11) is 1.63. The molecule has 1 aromatic carbocycles. The van der Waals surface area contributed by atoms with Crippen LogP contribution in [0.3, 0.4) is 0 Å². The van der Waals surface area contributed by atoms with Gasteiger partial charge in [-0.1, -0.05) is 12.1 Å². The van der Waals surface area contributed by atoms with Crippen LogP contribution in [-0.2, 0) is 4.79 Å². The number of hydrogen-bond donors (Lipinski definition) is 1. The van der Waals surface area contributed by atoms with Crippen LogP contribution in [0.25, 0.3) is 0 Å². The van der Waals surface area contributed by atoms with Gasteiger partial charge >= 0.3 is 0 Å². The molecule has 2 rings (SSSR count). The molecule has 0 aromatic heterocycles. The van der Waals surface area contributed by atoms with Crippen molar-refractivity contribution in [2.45, 2.75) is 31.7 Å². The second-order valence-electron chi connectivity index (χ2n) is 5.18. The summed E-state index contributed by atoms with van der Waals surface area (Å²) in [6, 6.07) is 7.81. The van der Waals surface area contributed by atoms with Crippen molar-refractivity contribution >= 4 is 5.91 Å². The van der Waals surface area contributed by atoms with E-state index in [1.54, 1.807) is 7.11 Å². The lowest BCUT2D eigenvalue weighted by molar-refractivity contribution is -0.133. The third-order valence-corrected chi connectivity index (χ3v) is 3.73. The minimum atomic E-state index is -0.152. The molecule has 0 bridgehead atoms. The van der Waals surface area contributed by atoms with E-state index in [9.17, 15) is 4.79 Å². The zero-order valence-electron chi connectivity index (χ0n) is 11.6. The summed E-state index contributed by atoms with van der Waals surface area (Å²) in [5.41, 5.74) is 6.92. The van der Waals surface area contributed by atoms with Gasteiger partial charge in [-0.25, -0.2) is 0 Å². The van der Waals surface area contributed by atoms with Gasteiger partial charge in [0, 0.05) is 19.1 Å². The van der Waals surface area contributed by atoms with Gasteiger partial charge in [-0.2, -0.15) is 0 Å². The van der Waals surface area contributed by atoms with Gasteiger partial charge in [-0.3, -0.25) is 4.79 Å². The Bertz CT molecular complexity index is 448. The predicted octanol–water partition coefficient (Wildman–Crippen LogP) is 1.75. The molecule has 19 heavy (non-hydrogen) atoms. The number of methoxy groups -OCH3 is 1. The van der Waals surface area contributed by atoms with E-state index in [4.69, 9.17) is 10.5 Å². The first kappa shape index (κ1) is 13.9. The molecule has 104 valence electrons. The summed E-state index contributed by atoms with van der Waals surface area (Å²) >= 11 is 0. The minimum Gasteiger partial charge on any atom is -0.497 e. The smallest absolute Gasteiger partial charge is 0.229 e. The molecular formula is C15H22N2O2. The third-order valence-electron chi connectivity index (χ3n) is 3.73. The highest BCUT2D eigenvalue weighted by Gasteiger charge is 2.26. The Kier molecular flexibility index (Phi) is 4.43. The van der Waals surface area contributed by atoms with Gasteiger partial charge in [0.1, 0.15) is 5.75 Å². The predicted molar refractivity (Wildman–Crippen MR) is 75.2 cm³/mol. The summed E-state index contributed by atoms with van der Waals surface area (Å²) in [6.45, 7) is 3.44. The number of nitrogens with two attached hydrogens (primary N) is 1. The summed E-state index contributed by atoms with van der Waals surface area (Å²) in [5.74, 6) is 0.788. The molecule has 0 radical (unpaired) electrons. The van der Waals surface area contributed by atoms with Gasteiger partial charge in [0.2, 0.25) is 5.91 Å². The van der Waals surface area contributed by atoms with Crippen molar-refractivity contribution in [2.75, 3.05) is 20.2 Å². The summed E-state index contributed by atoms with van der Waals surface area (Å²) in [4.78, 5) is 14.4. The molecule has 1 amide bonds. The maximum Gasteiger partial charge on any atom is 0.229 e. The quantitative estimate of drug-likeness (QED) is 0.903. The zero-order valence-corrected chi connectivity index (χ0v) is 11.6. The number of rotatable bonds is 3. The summed E-state index contributed by atoms with van der Waals surface area (Å²) < 4.78 is 5.20. The number of piperidine rings is 1. The molecule has 1 aromatic rings. The first-order valence-corrected chi connectivity index (χ1v) is 6.80. The summed E-state index contributed by atoms with van der Waals surface area (Å²) in [5, 5.41) is 0. The highest BCUT2D eigenvalue weighted by Crippen LogP contribution is 2.23. The maximum absolute atomic E-state index is 12.5. The molecule has 1 fully saturated rings. The van der Waals surface area contributed by atoms with E-state index < -0.39 is 0 Å². The van der Waals surface area contributed by atoms with Crippen molar-refractivity contribution in [1.82, 2.24) is 4.90 Å². The lowest BCUT2D eigenvalue weighted by Gasteiger charge is -2.32. The largest absolute Gasteiger partial charge is 0.497 e. The van der Waals surface area contributed by atoms with Crippen LogP contribution in [0.2, 0.25) is 0 Å². The maximum atomic E-state index is 12.5. The second-order valence-corrected chi connectivity index (χ2v) is 5.18. The number of amides is 1. The van der Waals surface area contributed by atoms with Gasteiger partial charge < -0.3 is 15.4 Å². The Balaban J connectivity index is 2.09. The van der Waals surface area contributed by atoms with Crippen LogP contribution in [0.5, 0.6) is 5.75 Å². The topological polar surface area (TPSA) is 55.6 Å². The van der Waals surface area contributed by atoms with Crippen molar-refractivity contribution in [1.29, 1.82) is 0 Å². The molecule has 1 heterocycles. The Morgan fingerprint density at radius 1 is 1.53 bits per heavy atom. The standard InChI is InChI=1S/C15H22N2O2/c1-11(12-5-3-7-14(9-12)19-2)15(18)17-8-4-6-13(16)10-17/h3,5,7,9,11,13H,4,6,8,10,16H2,1-2H3. The van der Waals surface area contributed by atoms with Crippen LogP contribution in [0.1, 0.15) is 31.2 Å². The van der Waals surface area contributed by atoms with Crippen LogP contribution in [-0.4, -0.2) is 37.0 Å². The normalized spacial score (nSPS) is 21.0. The highest BCUT2D eigenvalue weighted by molar-refractivity contribution is 5.83. The molecule has 1 aliphatic rings. The van der Waals surface area contributed by atoms with E-state index in [2.05, 4.69) is 0 Å². The second kappa shape index (κ2) is 6.06. The number of benzene rings is 1. The average Bonchev–Trinajstić information content (AvgIpc) is 2.45. The first-order valence-electron chi connectivity index (χ1n) is 6.80. The van der Waals surface area contributed by atoms with E-state index in [-0.39, 0.29) is 17.9 Å². The molecule has 0 aliphatic carbocycles. The van der Waals surface area contributed by atoms with Crippen LogP contribution in [0, 0.1) is 0 Å². The highest BCUT2D eigenvalue weighted by atomic mass is 16.5. The Morgan fingerprint density at radius 3 is 3.00 bits per heavy atom. The minimum absolute atomic E-state index is 0.121. The molecule has 0 spiro atoms. The Labute approximate surface area is 114 Å². The molecule has 2 atom stereocenters. The van der Waals surface area contributed by atoms with Crippen molar-refractivity contribution < 1.29 is 9.53 Å². The lowest BCUT2D eigenvalue weighted by atomic mass is 9.97. The van der Waals surface area contributed by atoms with E-state index in [1.165, 1.54) is 0 Å². The van der Waals surface area contributed by atoms with Crippen molar-refractivity contribution in [3.05, 3.63) is 29.8 Å². The molecule has 2 unspecified atom stereocenters. The van der Waals surface area contributed by atoms with Gasteiger partial charge in [0.25, 0.3) is 0 Å². The molecule has 2 N–H and O–H groups in total. The fourth-order valence-corrected chi connectivity index (χ4v) is 2.54. The zero-order chi connectivity index (χ0) is 13.8. The number of ether oxygens (including phenoxy) is 1. The van der Waals surface area contributed by atoms with Crippen LogP contribution >= 0.6 is 0 Å². The summed E-state index contributed by atoms with van der Waals surface area (Å²) in [6.07, 6.45) is 2.01. The first-order chi connectivity index (χ1) is 9.11. The van der Waals surface area contributed by atoms with Crippen molar-refractivity contribution in [3.63, 3.8) is 0 Å². The van der Waals surface area contributed by atoms with Crippen molar-refractivity contribution in [2.24, 2.45) is 5.73 Å². The van der Waals surface area contributed by atoms with E-state index in [0.717, 1.165) is 30.7 Å². The third kappa shape index (κ3) is 3.26. The Hall–Kier alpha value is -1.55. The van der Waals surface area contributed by atoms with E-state index in [1.807, 2.05) is 36.1 Å².